The van der Waals surface area contributed by atoms with Crippen molar-refractivity contribution in [2.45, 2.75) is 57.4 Å². The molecule has 4 nitrogen and oxygen atoms in total. The van der Waals surface area contributed by atoms with E-state index in [1.807, 2.05) is 0 Å². The topological polar surface area (TPSA) is 55.6 Å². The van der Waals surface area contributed by atoms with Gasteiger partial charge in [0, 0.05) is 38.3 Å². The van der Waals surface area contributed by atoms with Crippen LogP contribution in [-0.2, 0) is 9.53 Å². The summed E-state index contributed by atoms with van der Waals surface area (Å²) >= 11 is 0. The first-order valence-corrected chi connectivity index (χ1v) is 9.29. The Labute approximate surface area is 145 Å². The normalized spacial score (nSPS) is 39.1. The molecule has 4 aliphatic rings. The summed E-state index contributed by atoms with van der Waals surface area (Å²) < 4.78 is 5.51. The monoisotopic (exact) mass is 342 g/mol. The Morgan fingerprint density at radius 3 is 2.39 bits per heavy atom. The smallest absolute Gasteiger partial charge is 0.225 e. The van der Waals surface area contributed by atoms with E-state index in [1.54, 1.807) is 0 Å². The number of nitrogens with two attached hydrogens (primary N) is 1. The minimum Gasteiger partial charge on any atom is -0.381 e. The van der Waals surface area contributed by atoms with Crippen LogP contribution in [0.1, 0.15) is 51.4 Å². The van der Waals surface area contributed by atoms with Crippen LogP contribution in [0, 0.1) is 23.2 Å². The van der Waals surface area contributed by atoms with Gasteiger partial charge in [0.2, 0.25) is 5.91 Å². The summed E-state index contributed by atoms with van der Waals surface area (Å²) in [5, 5.41) is 0. The van der Waals surface area contributed by atoms with Crippen molar-refractivity contribution in [3.8, 4) is 0 Å². The molecule has 0 aromatic carbocycles. The van der Waals surface area contributed by atoms with E-state index in [2.05, 4.69) is 4.90 Å². The molecule has 132 valence electrons. The van der Waals surface area contributed by atoms with E-state index < -0.39 is 0 Å². The van der Waals surface area contributed by atoms with Crippen molar-refractivity contribution in [1.29, 1.82) is 0 Å². The van der Waals surface area contributed by atoms with Crippen molar-refractivity contribution in [1.82, 2.24) is 4.90 Å². The highest BCUT2D eigenvalue weighted by atomic mass is 35.5. The molecule has 4 rings (SSSR count). The zero-order valence-electron chi connectivity index (χ0n) is 14.0. The van der Waals surface area contributed by atoms with Crippen molar-refractivity contribution in [3.05, 3.63) is 0 Å². The molecule has 4 fully saturated rings. The number of carbonyl (C=O) groups is 1. The third kappa shape index (κ3) is 3.27. The van der Waals surface area contributed by atoms with Gasteiger partial charge in [-0.3, -0.25) is 4.79 Å². The average Bonchev–Trinajstić information content (AvgIpc) is 2.90. The number of fused-ring (bicyclic) bond motifs is 2. The van der Waals surface area contributed by atoms with Gasteiger partial charge in [-0.05, 0) is 62.2 Å². The number of nitrogens with zero attached hydrogens (tertiary/aromatic N) is 1. The van der Waals surface area contributed by atoms with Crippen LogP contribution >= 0.6 is 12.4 Å². The maximum atomic E-state index is 13.0. The second-order valence-electron chi connectivity index (χ2n) is 8.32. The van der Waals surface area contributed by atoms with Crippen LogP contribution in [0.4, 0.5) is 0 Å². The van der Waals surface area contributed by atoms with Crippen molar-refractivity contribution < 1.29 is 9.53 Å². The largest absolute Gasteiger partial charge is 0.381 e. The molecule has 0 radical (unpaired) electrons. The molecule has 0 aromatic heterocycles. The van der Waals surface area contributed by atoms with Gasteiger partial charge in [-0.2, -0.15) is 0 Å². The first-order valence-electron chi connectivity index (χ1n) is 9.29. The van der Waals surface area contributed by atoms with Gasteiger partial charge in [-0.1, -0.05) is 6.42 Å². The van der Waals surface area contributed by atoms with Crippen LogP contribution in [0.25, 0.3) is 0 Å². The molecule has 1 spiro atoms. The van der Waals surface area contributed by atoms with Gasteiger partial charge in [0.25, 0.3) is 0 Å². The molecule has 2 saturated carbocycles. The van der Waals surface area contributed by atoms with Gasteiger partial charge in [-0.25, -0.2) is 0 Å². The lowest BCUT2D eigenvalue weighted by Gasteiger charge is -2.44. The van der Waals surface area contributed by atoms with Crippen LogP contribution in [0.5, 0.6) is 0 Å². The highest BCUT2D eigenvalue weighted by molar-refractivity contribution is 5.85. The summed E-state index contributed by atoms with van der Waals surface area (Å²) in [4.78, 5) is 15.2. The predicted molar refractivity (Wildman–Crippen MR) is 92.5 cm³/mol. The van der Waals surface area contributed by atoms with Crippen LogP contribution in [0.3, 0.4) is 0 Å². The Bertz CT molecular complexity index is 425. The molecule has 0 aromatic rings. The highest BCUT2D eigenvalue weighted by Gasteiger charge is 2.45. The van der Waals surface area contributed by atoms with Gasteiger partial charge in [0.1, 0.15) is 0 Å². The minimum atomic E-state index is 0. The van der Waals surface area contributed by atoms with Crippen molar-refractivity contribution >= 4 is 18.3 Å². The van der Waals surface area contributed by atoms with Crippen molar-refractivity contribution in [2.75, 3.05) is 26.3 Å². The Morgan fingerprint density at radius 1 is 1.09 bits per heavy atom. The fourth-order valence-corrected chi connectivity index (χ4v) is 5.58. The molecular formula is C18H31ClN2O2. The second-order valence-corrected chi connectivity index (χ2v) is 8.32. The molecule has 2 heterocycles. The molecule has 2 bridgehead atoms. The maximum absolute atomic E-state index is 13.0. The Hall–Kier alpha value is -0.320. The average molecular weight is 343 g/mol. The number of amides is 1. The molecule has 2 N–H and O–H groups in total. The van der Waals surface area contributed by atoms with Crippen LogP contribution in [0.15, 0.2) is 0 Å². The molecule has 2 aliphatic carbocycles. The summed E-state index contributed by atoms with van der Waals surface area (Å²) in [5.41, 5.74) is 6.74. The van der Waals surface area contributed by atoms with Gasteiger partial charge in [0.15, 0.2) is 0 Å². The lowest BCUT2D eigenvalue weighted by Crippen LogP contribution is -2.49. The van der Waals surface area contributed by atoms with E-state index in [0.717, 1.165) is 52.0 Å². The molecule has 2 saturated heterocycles. The quantitative estimate of drug-likeness (QED) is 0.796. The fraction of sp³-hybridized carbons (Fsp3) is 0.944. The van der Waals surface area contributed by atoms with E-state index in [-0.39, 0.29) is 18.3 Å². The predicted octanol–water partition coefficient (Wildman–Crippen LogP) is 2.59. The van der Waals surface area contributed by atoms with E-state index in [4.69, 9.17) is 10.5 Å². The first kappa shape index (κ1) is 17.5. The minimum absolute atomic E-state index is 0. The number of hydrogen-bond donors (Lipinski definition) is 1. The van der Waals surface area contributed by atoms with Gasteiger partial charge in [-0.15, -0.1) is 12.4 Å². The van der Waals surface area contributed by atoms with Crippen molar-refractivity contribution in [2.24, 2.45) is 28.9 Å². The van der Waals surface area contributed by atoms with Gasteiger partial charge < -0.3 is 15.4 Å². The second kappa shape index (κ2) is 6.89. The van der Waals surface area contributed by atoms with E-state index in [1.165, 1.54) is 25.7 Å². The van der Waals surface area contributed by atoms with Crippen LogP contribution in [0.2, 0.25) is 0 Å². The lowest BCUT2D eigenvalue weighted by molar-refractivity contribution is -0.138. The summed E-state index contributed by atoms with van der Waals surface area (Å²) in [6, 6.07) is 0.359. The highest BCUT2D eigenvalue weighted by Crippen LogP contribution is 2.44. The van der Waals surface area contributed by atoms with Crippen LogP contribution in [-0.4, -0.2) is 43.2 Å². The van der Waals surface area contributed by atoms with Gasteiger partial charge in [0.05, 0.1) is 0 Å². The molecule has 1 amide bonds. The van der Waals surface area contributed by atoms with E-state index >= 15 is 0 Å². The number of rotatable bonds is 1. The molecule has 2 atom stereocenters. The molecule has 2 aliphatic heterocycles. The standard InChI is InChI=1S/C18H30N2O2.ClH/c19-16-13-2-1-3-14(16)11-15(10-13)17(21)20-7-4-18(12-20)5-8-22-9-6-18;/h13-16H,1-12,19H2;1H. The number of carbonyl (C=O) groups excluding carboxylic acids is 1. The fourth-order valence-electron chi connectivity index (χ4n) is 5.58. The first-order chi connectivity index (χ1) is 10.7. The molecular weight excluding hydrogens is 312 g/mol. The van der Waals surface area contributed by atoms with Gasteiger partial charge >= 0.3 is 0 Å². The Balaban J connectivity index is 0.00000156. The van der Waals surface area contributed by atoms with E-state index in [9.17, 15) is 4.79 Å². The number of likely N-dealkylation sites (tertiary alicyclic amines) is 1. The van der Waals surface area contributed by atoms with E-state index in [0.29, 0.717) is 29.2 Å². The SMILES string of the molecule is Cl.NC1C2CCCC1CC(C(=O)N1CCC3(CCOCC3)C1)C2. The lowest BCUT2D eigenvalue weighted by atomic mass is 9.65. The number of ether oxygens (including phenoxy) is 1. The Morgan fingerprint density at radius 2 is 1.74 bits per heavy atom. The summed E-state index contributed by atoms with van der Waals surface area (Å²) in [6.45, 7) is 3.71. The number of hydrogen-bond acceptors (Lipinski definition) is 3. The third-order valence-corrected chi connectivity index (χ3v) is 7.07. The maximum Gasteiger partial charge on any atom is 0.225 e. The van der Waals surface area contributed by atoms with Crippen LogP contribution < -0.4 is 5.73 Å². The summed E-state index contributed by atoms with van der Waals surface area (Å²) in [6.07, 6.45) is 9.34. The Kier molecular flexibility index (Phi) is 5.24. The van der Waals surface area contributed by atoms with Crippen molar-refractivity contribution in [3.63, 3.8) is 0 Å². The molecule has 5 heteroatoms. The summed E-state index contributed by atoms with van der Waals surface area (Å²) in [7, 11) is 0. The summed E-state index contributed by atoms with van der Waals surface area (Å²) in [5.74, 6) is 1.89. The third-order valence-electron chi connectivity index (χ3n) is 7.07. The zero-order valence-corrected chi connectivity index (χ0v) is 14.9. The zero-order chi connectivity index (χ0) is 15.2. The molecule has 2 unspecified atom stereocenters. The number of halogens is 1. The molecule has 23 heavy (non-hydrogen) atoms.